The first-order chi connectivity index (χ1) is 8.83. The van der Waals surface area contributed by atoms with Crippen molar-refractivity contribution < 1.29 is 4.74 Å². The highest BCUT2D eigenvalue weighted by atomic mass is 79.9. The molecule has 0 heterocycles. The van der Waals surface area contributed by atoms with Crippen molar-refractivity contribution in [2.24, 2.45) is 0 Å². The van der Waals surface area contributed by atoms with Crippen LogP contribution in [0.25, 0.3) is 10.8 Å². The lowest BCUT2D eigenvalue weighted by Crippen LogP contribution is -2.02. The van der Waals surface area contributed by atoms with Crippen LogP contribution in [-0.2, 0) is 4.74 Å². The van der Waals surface area contributed by atoms with Gasteiger partial charge in [0.25, 0.3) is 0 Å². The van der Waals surface area contributed by atoms with E-state index in [9.17, 15) is 0 Å². The Labute approximate surface area is 117 Å². The molecular weight excluding hydrogens is 288 g/mol. The molecule has 2 aromatic carbocycles. The van der Waals surface area contributed by atoms with Crippen molar-refractivity contribution in [1.82, 2.24) is 0 Å². The van der Waals surface area contributed by atoms with Gasteiger partial charge in [0.1, 0.15) is 0 Å². The lowest BCUT2D eigenvalue weighted by atomic mass is 10.0. The average molecular weight is 307 g/mol. The molecule has 0 aliphatic heterocycles. The summed E-state index contributed by atoms with van der Waals surface area (Å²) < 4.78 is 5.92. The Morgan fingerprint density at radius 3 is 2.67 bits per heavy atom. The summed E-state index contributed by atoms with van der Waals surface area (Å²) in [5, 5.41) is 3.64. The smallest absolute Gasteiger partial charge is 0.0802 e. The maximum absolute atomic E-state index is 5.92. The normalized spacial score (nSPS) is 12.8. The summed E-state index contributed by atoms with van der Waals surface area (Å²) in [5.74, 6) is 0. The van der Waals surface area contributed by atoms with Crippen LogP contribution in [0.15, 0.2) is 42.5 Å². The lowest BCUT2D eigenvalue weighted by molar-refractivity contribution is 0.0648. The summed E-state index contributed by atoms with van der Waals surface area (Å²) in [5.41, 5.74) is 1.28. The van der Waals surface area contributed by atoms with Gasteiger partial charge < -0.3 is 4.74 Å². The van der Waals surface area contributed by atoms with Gasteiger partial charge in [0, 0.05) is 11.9 Å². The van der Waals surface area contributed by atoms with Gasteiger partial charge in [-0.1, -0.05) is 58.4 Å². The third-order valence-corrected chi connectivity index (χ3v) is 3.72. The highest BCUT2D eigenvalue weighted by molar-refractivity contribution is 9.09. The van der Waals surface area contributed by atoms with Crippen molar-refractivity contribution >= 4 is 26.7 Å². The zero-order valence-corrected chi connectivity index (χ0v) is 12.3. The molecule has 0 amide bonds. The van der Waals surface area contributed by atoms with Crippen molar-refractivity contribution in [2.75, 3.05) is 11.9 Å². The van der Waals surface area contributed by atoms with E-state index in [1.165, 1.54) is 22.8 Å². The third kappa shape index (κ3) is 3.33. The molecule has 1 nitrogen and oxygen atoms in total. The number of hydrogen-bond donors (Lipinski definition) is 0. The Balaban J connectivity index is 2.10. The fraction of sp³-hybridized carbons (Fsp3) is 0.375. The van der Waals surface area contributed by atoms with E-state index in [-0.39, 0.29) is 6.10 Å². The van der Waals surface area contributed by atoms with Crippen LogP contribution in [-0.4, -0.2) is 11.9 Å². The number of ether oxygens (including phenoxy) is 1. The zero-order chi connectivity index (χ0) is 12.8. The molecule has 0 aliphatic rings. The second kappa shape index (κ2) is 6.91. The van der Waals surface area contributed by atoms with E-state index >= 15 is 0 Å². The van der Waals surface area contributed by atoms with Crippen molar-refractivity contribution in [3.05, 3.63) is 48.0 Å². The molecular formula is C16H19BrO. The molecule has 1 atom stereocenters. The SMILES string of the molecule is CC(OCCCCBr)c1cccc2ccccc12. The molecule has 1 unspecified atom stereocenters. The average Bonchev–Trinajstić information content (AvgIpc) is 2.43. The molecule has 0 saturated heterocycles. The van der Waals surface area contributed by atoms with Gasteiger partial charge in [-0.3, -0.25) is 0 Å². The molecule has 0 N–H and O–H groups in total. The van der Waals surface area contributed by atoms with Crippen LogP contribution < -0.4 is 0 Å². The summed E-state index contributed by atoms with van der Waals surface area (Å²) in [6.45, 7) is 2.96. The molecule has 0 saturated carbocycles. The van der Waals surface area contributed by atoms with Crippen LogP contribution in [0.4, 0.5) is 0 Å². The molecule has 2 rings (SSSR count). The predicted molar refractivity (Wildman–Crippen MR) is 81.3 cm³/mol. The first-order valence-corrected chi connectivity index (χ1v) is 7.60. The molecule has 18 heavy (non-hydrogen) atoms. The Kier molecular flexibility index (Phi) is 5.21. The second-order valence-corrected chi connectivity index (χ2v) is 5.27. The minimum atomic E-state index is 0.159. The van der Waals surface area contributed by atoms with Crippen molar-refractivity contribution in [1.29, 1.82) is 0 Å². The van der Waals surface area contributed by atoms with Crippen LogP contribution in [0, 0.1) is 0 Å². The molecule has 0 aliphatic carbocycles. The van der Waals surface area contributed by atoms with E-state index in [1.54, 1.807) is 0 Å². The van der Waals surface area contributed by atoms with Gasteiger partial charge in [-0.25, -0.2) is 0 Å². The number of unbranched alkanes of at least 4 members (excludes halogenated alkanes) is 1. The summed E-state index contributed by atoms with van der Waals surface area (Å²) in [7, 11) is 0. The maximum atomic E-state index is 5.92. The monoisotopic (exact) mass is 306 g/mol. The number of halogens is 1. The maximum Gasteiger partial charge on any atom is 0.0802 e. The first kappa shape index (κ1) is 13.6. The minimum absolute atomic E-state index is 0.159. The van der Waals surface area contributed by atoms with E-state index in [4.69, 9.17) is 4.74 Å². The minimum Gasteiger partial charge on any atom is -0.374 e. The highest BCUT2D eigenvalue weighted by Gasteiger charge is 2.08. The Bertz CT molecular complexity index is 490. The van der Waals surface area contributed by atoms with Gasteiger partial charge in [-0.15, -0.1) is 0 Å². The van der Waals surface area contributed by atoms with E-state index in [2.05, 4.69) is 65.3 Å². The van der Waals surface area contributed by atoms with Crippen LogP contribution in [0.5, 0.6) is 0 Å². The van der Waals surface area contributed by atoms with Crippen molar-refractivity contribution in [3.63, 3.8) is 0 Å². The van der Waals surface area contributed by atoms with Gasteiger partial charge in [-0.2, -0.15) is 0 Å². The summed E-state index contributed by atoms with van der Waals surface area (Å²) >= 11 is 3.44. The lowest BCUT2D eigenvalue weighted by Gasteiger charge is -2.15. The molecule has 0 radical (unpaired) electrons. The van der Waals surface area contributed by atoms with Gasteiger partial charge in [-0.05, 0) is 36.1 Å². The second-order valence-electron chi connectivity index (χ2n) is 4.48. The molecule has 2 heteroatoms. The molecule has 96 valence electrons. The van der Waals surface area contributed by atoms with Gasteiger partial charge in [0.2, 0.25) is 0 Å². The standard InChI is InChI=1S/C16H19BrO/c1-13(18-12-5-4-11-17)15-10-6-8-14-7-2-3-9-16(14)15/h2-3,6-10,13H,4-5,11-12H2,1H3. The van der Waals surface area contributed by atoms with Crippen molar-refractivity contribution in [3.8, 4) is 0 Å². The fourth-order valence-electron chi connectivity index (χ4n) is 2.15. The summed E-state index contributed by atoms with van der Waals surface area (Å²) in [6, 6.07) is 14.9. The van der Waals surface area contributed by atoms with Crippen molar-refractivity contribution in [2.45, 2.75) is 25.9 Å². The van der Waals surface area contributed by atoms with Crippen LogP contribution in [0.2, 0.25) is 0 Å². The molecule has 0 aromatic heterocycles. The number of rotatable bonds is 6. The van der Waals surface area contributed by atoms with Gasteiger partial charge >= 0.3 is 0 Å². The molecule has 0 bridgehead atoms. The van der Waals surface area contributed by atoms with E-state index in [0.29, 0.717) is 0 Å². The zero-order valence-electron chi connectivity index (χ0n) is 10.7. The molecule has 0 fully saturated rings. The Hall–Kier alpha value is -0.860. The quantitative estimate of drug-likeness (QED) is 0.533. The topological polar surface area (TPSA) is 9.23 Å². The largest absolute Gasteiger partial charge is 0.374 e. The number of hydrogen-bond acceptors (Lipinski definition) is 1. The van der Waals surface area contributed by atoms with Crippen LogP contribution >= 0.6 is 15.9 Å². The number of benzene rings is 2. The summed E-state index contributed by atoms with van der Waals surface area (Å²) in [6.07, 6.45) is 2.44. The van der Waals surface area contributed by atoms with Crippen LogP contribution in [0.1, 0.15) is 31.4 Å². The summed E-state index contributed by atoms with van der Waals surface area (Å²) in [4.78, 5) is 0. The van der Waals surface area contributed by atoms with E-state index < -0.39 is 0 Å². The van der Waals surface area contributed by atoms with E-state index in [1.807, 2.05) is 0 Å². The third-order valence-electron chi connectivity index (χ3n) is 3.16. The highest BCUT2D eigenvalue weighted by Crippen LogP contribution is 2.26. The van der Waals surface area contributed by atoms with Crippen LogP contribution in [0.3, 0.4) is 0 Å². The Morgan fingerprint density at radius 1 is 1.06 bits per heavy atom. The predicted octanol–water partition coefficient (Wildman–Crippen LogP) is 5.09. The van der Waals surface area contributed by atoms with Gasteiger partial charge in [0.05, 0.1) is 6.10 Å². The number of fused-ring (bicyclic) bond motifs is 1. The van der Waals surface area contributed by atoms with E-state index in [0.717, 1.165) is 18.4 Å². The fourth-order valence-corrected chi connectivity index (χ4v) is 2.55. The first-order valence-electron chi connectivity index (χ1n) is 6.48. The number of alkyl halides is 1. The molecule has 2 aromatic rings. The molecule has 0 spiro atoms. The van der Waals surface area contributed by atoms with Gasteiger partial charge in [0.15, 0.2) is 0 Å². The Morgan fingerprint density at radius 2 is 1.83 bits per heavy atom.